The molecule has 6 rings (SSSR count). The molecule has 2 saturated heterocycles. The molecule has 2 aliphatic rings. The molecule has 0 bridgehead atoms. The highest BCUT2D eigenvalue weighted by Crippen LogP contribution is 2.29. The predicted octanol–water partition coefficient (Wildman–Crippen LogP) is 3.96. The van der Waals surface area contributed by atoms with Crippen molar-refractivity contribution in [3.8, 4) is 16.9 Å². The van der Waals surface area contributed by atoms with Gasteiger partial charge in [0.25, 0.3) is 5.56 Å². The molecule has 2 aromatic heterocycles. The molecule has 35 heavy (non-hydrogen) atoms. The fraction of sp³-hybridized carbons (Fsp3) is 0.370. The molecule has 1 unspecified atom stereocenters. The Hall–Kier alpha value is -3.49. The number of hydrogen-bond donors (Lipinski definition) is 1. The van der Waals surface area contributed by atoms with Crippen LogP contribution in [0.3, 0.4) is 0 Å². The van der Waals surface area contributed by atoms with Gasteiger partial charge in [0.1, 0.15) is 23.1 Å². The SMILES string of the molecule is CC(c1nc2c(cnn2C2CCOCC2)c(=O)[nH]1)N1CC(Oc2ccc(-c3ccccc3)cc2)C1. The largest absolute Gasteiger partial charge is 0.488 e. The molecule has 0 aliphatic carbocycles. The van der Waals surface area contributed by atoms with Gasteiger partial charge in [-0.2, -0.15) is 5.10 Å². The lowest BCUT2D eigenvalue weighted by Gasteiger charge is -2.42. The molecule has 1 N–H and O–H groups in total. The zero-order valence-electron chi connectivity index (χ0n) is 19.8. The second-order valence-corrected chi connectivity index (χ2v) is 9.38. The van der Waals surface area contributed by atoms with E-state index in [1.807, 2.05) is 35.0 Å². The van der Waals surface area contributed by atoms with E-state index in [0.717, 1.165) is 31.7 Å². The molecule has 0 radical (unpaired) electrons. The highest BCUT2D eigenvalue weighted by atomic mass is 16.5. The second kappa shape index (κ2) is 9.28. The zero-order valence-corrected chi connectivity index (χ0v) is 19.8. The Morgan fingerprint density at radius 3 is 2.49 bits per heavy atom. The number of aromatic amines is 1. The van der Waals surface area contributed by atoms with Crippen LogP contribution in [-0.4, -0.2) is 57.1 Å². The molecular formula is C27H29N5O3. The fourth-order valence-electron chi connectivity index (χ4n) is 4.93. The van der Waals surface area contributed by atoms with Crippen LogP contribution in [0.1, 0.15) is 37.7 Å². The minimum absolute atomic E-state index is 0.0227. The van der Waals surface area contributed by atoms with Crippen molar-refractivity contribution in [1.82, 2.24) is 24.6 Å². The van der Waals surface area contributed by atoms with Gasteiger partial charge in [-0.25, -0.2) is 9.67 Å². The van der Waals surface area contributed by atoms with E-state index in [-0.39, 0.29) is 23.7 Å². The van der Waals surface area contributed by atoms with Crippen LogP contribution in [0.25, 0.3) is 22.2 Å². The molecule has 0 saturated carbocycles. The van der Waals surface area contributed by atoms with Gasteiger partial charge in [0.15, 0.2) is 5.65 Å². The Labute approximate surface area is 203 Å². The minimum atomic E-state index is -0.137. The summed E-state index contributed by atoms with van der Waals surface area (Å²) in [6, 6.07) is 18.8. The zero-order chi connectivity index (χ0) is 23.8. The summed E-state index contributed by atoms with van der Waals surface area (Å²) in [4.78, 5) is 22.8. The quantitative estimate of drug-likeness (QED) is 0.458. The summed E-state index contributed by atoms with van der Waals surface area (Å²) in [5.74, 6) is 1.54. The Morgan fingerprint density at radius 2 is 1.74 bits per heavy atom. The van der Waals surface area contributed by atoms with Crippen molar-refractivity contribution in [3.63, 3.8) is 0 Å². The molecule has 180 valence electrons. The first-order valence-electron chi connectivity index (χ1n) is 12.3. The molecular weight excluding hydrogens is 442 g/mol. The third-order valence-electron chi connectivity index (χ3n) is 7.10. The number of likely N-dealkylation sites (tertiary alicyclic amines) is 1. The Morgan fingerprint density at radius 1 is 1.03 bits per heavy atom. The number of ether oxygens (including phenoxy) is 2. The van der Waals surface area contributed by atoms with Gasteiger partial charge in [-0.1, -0.05) is 42.5 Å². The average molecular weight is 472 g/mol. The van der Waals surface area contributed by atoms with Crippen LogP contribution in [0, 0.1) is 0 Å². The number of rotatable bonds is 6. The van der Waals surface area contributed by atoms with Crippen LogP contribution >= 0.6 is 0 Å². The maximum Gasteiger partial charge on any atom is 0.262 e. The van der Waals surface area contributed by atoms with Crippen LogP contribution < -0.4 is 10.3 Å². The third kappa shape index (κ3) is 4.35. The third-order valence-corrected chi connectivity index (χ3v) is 7.10. The Kier molecular flexibility index (Phi) is 5.83. The number of nitrogens with one attached hydrogen (secondary N) is 1. The fourth-order valence-corrected chi connectivity index (χ4v) is 4.93. The standard InChI is InChI=1S/C27H29N5O3/c1-18(25-29-26-24(27(33)30-25)15-28-32(26)21-11-13-34-14-12-21)31-16-23(17-31)35-22-9-7-20(8-10-22)19-5-3-2-4-6-19/h2-10,15,18,21,23H,11-14,16-17H2,1H3,(H,29,30,33). The van der Waals surface area contributed by atoms with Crippen LogP contribution in [0.5, 0.6) is 5.75 Å². The molecule has 4 aromatic rings. The van der Waals surface area contributed by atoms with Gasteiger partial charge in [0.2, 0.25) is 0 Å². The first-order valence-corrected chi connectivity index (χ1v) is 12.3. The van der Waals surface area contributed by atoms with E-state index in [1.165, 1.54) is 11.1 Å². The Bertz CT molecular complexity index is 1350. The first kappa shape index (κ1) is 22.0. The molecule has 8 heteroatoms. The van der Waals surface area contributed by atoms with Crippen molar-refractivity contribution < 1.29 is 9.47 Å². The van der Waals surface area contributed by atoms with E-state index in [0.29, 0.717) is 30.1 Å². The van der Waals surface area contributed by atoms with E-state index in [9.17, 15) is 4.79 Å². The van der Waals surface area contributed by atoms with Gasteiger partial charge in [0.05, 0.1) is 18.3 Å². The number of hydrogen-bond acceptors (Lipinski definition) is 6. The topological polar surface area (TPSA) is 85.3 Å². The average Bonchev–Trinajstić information content (AvgIpc) is 3.32. The molecule has 2 fully saturated rings. The van der Waals surface area contributed by atoms with Crippen molar-refractivity contribution >= 4 is 11.0 Å². The summed E-state index contributed by atoms with van der Waals surface area (Å²) < 4.78 is 13.6. The lowest BCUT2D eigenvalue weighted by Crippen LogP contribution is -2.54. The van der Waals surface area contributed by atoms with Gasteiger partial charge in [-0.3, -0.25) is 9.69 Å². The predicted molar refractivity (Wildman–Crippen MR) is 134 cm³/mol. The summed E-state index contributed by atoms with van der Waals surface area (Å²) >= 11 is 0. The monoisotopic (exact) mass is 471 g/mol. The molecule has 0 amide bonds. The van der Waals surface area contributed by atoms with Crippen molar-refractivity contribution in [3.05, 3.63) is 77.0 Å². The summed E-state index contributed by atoms with van der Waals surface area (Å²) in [5, 5.41) is 5.03. The molecule has 4 heterocycles. The summed E-state index contributed by atoms with van der Waals surface area (Å²) in [5.41, 5.74) is 2.89. The normalized spacial score (nSPS) is 18.4. The van der Waals surface area contributed by atoms with Crippen LogP contribution in [0.15, 0.2) is 65.6 Å². The lowest BCUT2D eigenvalue weighted by atomic mass is 10.1. The summed E-state index contributed by atoms with van der Waals surface area (Å²) in [7, 11) is 0. The van der Waals surface area contributed by atoms with E-state index in [2.05, 4.69) is 46.2 Å². The second-order valence-electron chi connectivity index (χ2n) is 9.38. The number of benzene rings is 2. The smallest absolute Gasteiger partial charge is 0.262 e. The van der Waals surface area contributed by atoms with Crippen LogP contribution in [0.4, 0.5) is 0 Å². The molecule has 0 spiro atoms. The van der Waals surface area contributed by atoms with Crippen molar-refractivity contribution in [2.75, 3.05) is 26.3 Å². The van der Waals surface area contributed by atoms with Crippen LogP contribution in [-0.2, 0) is 4.74 Å². The molecule has 2 aliphatic heterocycles. The molecule has 1 atom stereocenters. The lowest BCUT2D eigenvalue weighted by molar-refractivity contribution is -0.00735. The maximum absolute atomic E-state index is 12.7. The minimum Gasteiger partial charge on any atom is -0.488 e. The van der Waals surface area contributed by atoms with E-state index in [1.54, 1.807) is 6.20 Å². The number of nitrogens with zero attached hydrogens (tertiary/aromatic N) is 4. The first-order chi connectivity index (χ1) is 17.2. The molecule has 8 nitrogen and oxygen atoms in total. The van der Waals surface area contributed by atoms with E-state index in [4.69, 9.17) is 14.5 Å². The van der Waals surface area contributed by atoms with Crippen LogP contribution in [0.2, 0.25) is 0 Å². The van der Waals surface area contributed by atoms with Crippen molar-refractivity contribution in [1.29, 1.82) is 0 Å². The maximum atomic E-state index is 12.7. The van der Waals surface area contributed by atoms with Crippen molar-refractivity contribution in [2.45, 2.75) is 38.0 Å². The van der Waals surface area contributed by atoms with Gasteiger partial charge in [-0.05, 0) is 43.0 Å². The van der Waals surface area contributed by atoms with E-state index >= 15 is 0 Å². The van der Waals surface area contributed by atoms with Gasteiger partial charge < -0.3 is 14.5 Å². The van der Waals surface area contributed by atoms with E-state index < -0.39 is 0 Å². The number of aromatic nitrogens is 4. The highest BCUT2D eigenvalue weighted by Gasteiger charge is 2.34. The highest BCUT2D eigenvalue weighted by molar-refractivity contribution is 5.73. The van der Waals surface area contributed by atoms with Gasteiger partial charge in [-0.15, -0.1) is 0 Å². The number of fused-ring (bicyclic) bond motifs is 1. The van der Waals surface area contributed by atoms with Crippen molar-refractivity contribution in [2.24, 2.45) is 0 Å². The van der Waals surface area contributed by atoms with Gasteiger partial charge >= 0.3 is 0 Å². The van der Waals surface area contributed by atoms with Gasteiger partial charge in [0, 0.05) is 26.3 Å². The molecule has 2 aromatic carbocycles. The number of H-pyrrole nitrogens is 1. The Balaban J connectivity index is 1.12. The summed E-state index contributed by atoms with van der Waals surface area (Å²) in [6.07, 6.45) is 3.51. The summed E-state index contributed by atoms with van der Waals surface area (Å²) in [6.45, 7) is 5.06.